The van der Waals surface area contributed by atoms with E-state index in [0.717, 1.165) is 0 Å². The summed E-state index contributed by atoms with van der Waals surface area (Å²) in [7, 11) is 1.57. The highest BCUT2D eigenvalue weighted by Gasteiger charge is 2.16. The number of methoxy groups -OCH3 is 1. The third-order valence-corrected chi connectivity index (χ3v) is 3.11. The van der Waals surface area contributed by atoms with Crippen LogP contribution in [0.1, 0.15) is 18.9 Å². The molecule has 0 aliphatic heterocycles. The quantitative estimate of drug-likeness (QED) is 0.877. The van der Waals surface area contributed by atoms with Crippen molar-refractivity contribution in [1.82, 2.24) is 10.1 Å². The number of anilines is 1. The summed E-state index contributed by atoms with van der Waals surface area (Å²) in [6, 6.07) is 3.25. The van der Waals surface area contributed by atoms with Gasteiger partial charge in [0.05, 0.1) is 15.7 Å². The molecule has 0 spiro atoms. The van der Waals surface area contributed by atoms with Gasteiger partial charge < -0.3 is 15.0 Å². The van der Waals surface area contributed by atoms with E-state index in [9.17, 15) is 0 Å². The van der Waals surface area contributed by atoms with Crippen LogP contribution >= 0.6 is 23.2 Å². The van der Waals surface area contributed by atoms with E-state index < -0.39 is 0 Å². The lowest BCUT2D eigenvalue weighted by Gasteiger charge is -2.03. The summed E-state index contributed by atoms with van der Waals surface area (Å²) < 4.78 is 10.2. The van der Waals surface area contributed by atoms with Gasteiger partial charge in [0.2, 0.25) is 5.82 Å². The fraction of sp³-hybridized carbons (Fsp3) is 0.273. The molecule has 0 radical (unpaired) electrons. The van der Waals surface area contributed by atoms with Crippen molar-refractivity contribution >= 4 is 28.9 Å². The number of nitrogens with two attached hydrogens (primary N) is 1. The Morgan fingerprint density at radius 2 is 1.94 bits per heavy atom. The lowest BCUT2D eigenvalue weighted by molar-refractivity contribution is 0.109. The van der Waals surface area contributed by atoms with Crippen molar-refractivity contribution < 1.29 is 9.26 Å². The van der Waals surface area contributed by atoms with Crippen LogP contribution in [0.5, 0.6) is 0 Å². The largest absolute Gasteiger partial charge is 0.396 e. The molecule has 0 aliphatic carbocycles. The zero-order valence-electron chi connectivity index (χ0n) is 9.78. The van der Waals surface area contributed by atoms with Crippen LogP contribution in [0.2, 0.25) is 10.0 Å². The summed E-state index contributed by atoms with van der Waals surface area (Å²) in [6.07, 6.45) is -0.248. The summed E-state index contributed by atoms with van der Waals surface area (Å²) in [5.41, 5.74) is 6.59. The predicted octanol–water partition coefficient (Wildman–Crippen LogP) is 3.33. The van der Waals surface area contributed by atoms with Crippen LogP contribution in [0.15, 0.2) is 16.7 Å². The molecule has 0 saturated heterocycles. The van der Waals surface area contributed by atoms with Crippen molar-refractivity contribution in [2.45, 2.75) is 13.0 Å². The summed E-state index contributed by atoms with van der Waals surface area (Å²) in [5, 5.41) is 4.51. The van der Waals surface area contributed by atoms with Crippen molar-refractivity contribution in [2.24, 2.45) is 0 Å². The van der Waals surface area contributed by atoms with E-state index in [1.54, 1.807) is 19.2 Å². The number of nitrogens with zero attached hydrogens (tertiary/aromatic N) is 2. The number of aromatic nitrogens is 2. The van der Waals surface area contributed by atoms with Gasteiger partial charge in [0.1, 0.15) is 6.10 Å². The minimum Gasteiger partial charge on any atom is -0.396 e. The Hall–Kier alpha value is -1.30. The van der Waals surface area contributed by atoms with E-state index >= 15 is 0 Å². The highest BCUT2D eigenvalue weighted by atomic mass is 35.5. The summed E-state index contributed by atoms with van der Waals surface area (Å²) in [5.74, 6) is 0.772. The average molecular weight is 288 g/mol. The van der Waals surface area contributed by atoms with Crippen LogP contribution in [0.25, 0.3) is 11.5 Å². The van der Waals surface area contributed by atoms with E-state index in [1.807, 2.05) is 6.92 Å². The normalized spacial score (nSPS) is 12.7. The second kappa shape index (κ2) is 5.14. The van der Waals surface area contributed by atoms with Crippen LogP contribution in [0.4, 0.5) is 5.69 Å². The van der Waals surface area contributed by atoms with Crippen molar-refractivity contribution in [3.8, 4) is 11.5 Å². The van der Waals surface area contributed by atoms with Crippen LogP contribution in [0.3, 0.4) is 0 Å². The summed E-state index contributed by atoms with van der Waals surface area (Å²) in [6.45, 7) is 1.82. The molecule has 1 unspecified atom stereocenters. The van der Waals surface area contributed by atoms with Crippen molar-refractivity contribution in [3.63, 3.8) is 0 Å². The Morgan fingerprint density at radius 3 is 2.50 bits per heavy atom. The molecule has 1 aromatic carbocycles. The van der Waals surface area contributed by atoms with E-state index in [-0.39, 0.29) is 6.10 Å². The van der Waals surface area contributed by atoms with Gasteiger partial charge in [-0.25, -0.2) is 0 Å². The number of halogens is 2. The molecule has 0 amide bonds. The first-order valence-electron chi connectivity index (χ1n) is 5.14. The minimum atomic E-state index is -0.248. The van der Waals surface area contributed by atoms with Gasteiger partial charge >= 0.3 is 0 Å². The highest BCUT2D eigenvalue weighted by molar-refractivity contribution is 6.39. The molecular formula is C11H11Cl2N3O2. The molecule has 7 heteroatoms. The van der Waals surface area contributed by atoms with Gasteiger partial charge in [0, 0.05) is 12.7 Å². The van der Waals surface area contributed by atoms with Gasteiger partial charge in [-0.1, -0.05) is 28.4 Å². The van der Waals surface area contributed by atoms with Gasteiger partial charge in [-0.15, -0.1) is 0 Å². The molecule has 2 rings (SSSR count). The van der Waals surface area contributed by atoms with Gasteiger partial charge in [0.25, 0.3) is 5.89 Å². The maximum Gasteiger partial charge on any atom is 0.258 e. The topological polar surface area (TPSA) is 74.2 Å². The zero-order chi connectivity index (χ0) is 13.3. The van der Waals surface area contributed by atoms with Crippen LogP contribution in [-0.4, -0.2) is 17.3 Å². The molecule has 2 N–H and O–H groups in total. The van der Waals surface area contributed by atoms with Crippen LogP contribution < -0.4 is 5.73 Å². The van der Waals surface area contributed by atoms with Gasteiger partial charge in [0.15, 0.2) is 0 Å². The number of hydrogen-bond donors (Lipinski definition) is 1. The van der Waals surface area contributed by atoms with Crippen molar-refractivity contribution in [2.75, 3.05) is 12.8 Å². The zero-order valence-corrected chi connectivity index (χ0v) is 11.3. The number of rotatable bonds is 3. The summed E-state index contributed by atoms with van der Waals surface area (Å²) >= 11 is 11.9. The van der Waals surface area contributed by atoms with Gasteiger partial charge in [-0.05, 0) is 19.1 Å². The monoisotopic (exact) mass is 287 g/mol. The minimum absolute atomic E-state index is 0.248. The summed E-state index contributed by atoms with van der Waals surface area (Å²) in [4.78, 5) is 4.20. The third kappa shape index (κ3) is 2.43. The molecule has 5 nitrogen and oxygen atoms in total. The smallest absolute Gasteiger partial charge is 0.258 e. The molecule has 0 saturated carbocycles. The molecule has 18 heavy (non-hydrogen) atoms. The fourth-order valence-corrected chi connectivity index (χ4v) is 1.82. The number of hydrogen-bond acceptors (Lipinski definition) is 5. The van der Waals surface area contributed by atoms with E-state index in [1.165, 1.54) is 0 Å². The Labute approximate surface area is 114 Å². The SMILES string of the molecule is COC(C)c1noc(-c2cc(Cl)c(N)c(Cl)c2)n1. The van der Waals surface area contributed by atoms with Gasteiger partial charge in [-0.2, -0.15) is 4.98 Å². The number of nitrogen functional groups attached to an aromatic ring is 1. The number of benzene rings is 1. The number of ether oxygens (including phenoxy) is 1. The molecule has 1 heterocycles. The van der Waals surface area contributed by atoms with Crippen molar-refractivity contribution in [3.05, 3.63) is 28.0 Å². The Balaban J connectivity index is 2.40. The van der Waals surface area contributed by atoms with Gasteiger partial charge in [-0.3, -0.25) is 0 Å². The van der Waals surface area contributed by atoms with E-state index in [2.05, 4.69) is 10.1 Å². The van der Waals surface area contributed by atoms with Crippen LogP contribution in [-0.2, 0) is 4.74 Å². The Kier molecular flexibility index (Phi) is 3.75. The molecule has 0 aliphatic rings. The second-order valence-electron chi connectivity index (χ2n) is 3.69. The first-order chi connectivity index (χ1) is 8.52. The molecule has 0 fully saturated rings. The second-order valence-corrected chi connectivity index (χ2v) is 4.50. The first kappa shape index (κ1) is 13.1. The van der Waals surface area contributed by atoms with Crippen molar-refractivity contribution in [1.29, 1.82) is 0 Å². The molecule has 2 aromatic rings. The Bertz CT molecular complexity index is 548. The van der Waals surface area contributed by atoms with Crippen LogP contribution in [0, 0.1) is 0 Å². The molecule has 96 valence electrons. The first-order valence-corrected chi connectivity index (χ1v) is 5.89. The highest BCUT2D eigenvalue weighted by Crippen LogP contribution is 2.33. The van der Waals surface area contributed by atoms with E-state index in [4.69, 9.17) is 38.2 Å². The lowest BCUT2D eigenvalue weighted by atomic mass is 10.2. The molecular weight excluding hydrogens is 277 g/mol. The molecule has 1 atom stereocenters. The average Bonchev–Trinajstić information content (AvgIpc) is 2.84. The maximum absolute atomic E-state index is 5.94. The predicted molar refractivity (Wildman–Crippen MR) is 69.6 cm³/mol. The van der Waals surface area contributed by atoms with E-state index in [0.29, 0.717) is 33.0 Å². The maximum atomic E-state index is 5.94. The Morgan fingerprint density at radius 1 is 1.33 bits per heavy atom. The molecule has 1 aromatic heterocycles. The standard InChI is InChI=1S/C11H11Cl2N3O2/c1-5(17-2)10-15-11(18-16-10)6-3-7(12)9(14)8(13)4-6/h3-5H,14H2,1-2H3. The lowest BCUT2D eigenvalue weighted by Crippen LogP contribution is -1.97. The third-order valence-electron chi connectivity index (χ3n) is 2.48. The fourth-order valence-electron chi connectivity index (χ4n) is 1.33. The molecule has 0 bridgehead atoms.